The van der Waals surface area contributed by atoms with Gasteiger partial charge in [-0.25, -0.2) is 4.79 Å². The standard InChI is InChI=1S/C21H34N2O3/c1-16(2)26-15-19-10-6-5-9-18(19)14-23-21(24)22-12-13-25-20-11-7-4-8-17(20)3/h5-6,9-10,16-17,20H,4,7-8,11-15H2,1-3H3,(H2,22,23,24). The van der Waals surface area contributed by atoms with Crippen molar-refractivity contribution in [3.63, 3.8) is 0 Å². The van der Waals surface area contributed by atoms with E-state index >= 15 is 0 Å². The summed E-state index contributed by atoms with van der Waals surface area (Å²) < 4.78 is 11.6. The van der Waals surface area contributed by atoms with Crippen LogP contribution in [-0.4, -0.2) is 31.4 Å². The van der Waals surface area contributed by atoms with Crippen LogP contribution in [0.3, 0.4) is 0 Å². The van der Waals surface area contributed by atoms with Gasteiger partial charge in [0.25, 0.3) is 0 Å². The molecule has 2 rings (SSSR count). The minimum absolute atomic E-state index is 0.162. The Hall–Kier alpha value is -1.59. The second-order valence-corrected chi connectivity index (χ2v) is 7.41. The molecule has 26 heavy (non-hydrogen) atoms. The highest BCUT2D eigenvalue weighted by Crippen LogP contribution is 2.25. The fraction of sp³-hybridized carbons (Fsp3) is 0.667. The van der Waals surface area contributed by atoms with Crippen LogP contribution in [0.1, 0.15) is 57.6 Å². The lowest BCUT2D eigenvalue weighted by atomic mass is 9.88. The number of urea groups is 1. The quantitative estimate of drug-likeness (QED) is 0.653. The summed E-state index contributed by atoms with van der Waals surface area (Å²) in [7, 11) is 0. The number of amides is 2. The van der Waals surface area contributed by atoms with Crippen LogP contribution < -0.4 is 10.6 Å². The van der Waals surface area contributed by atoms with Crippen molar-refractivity contribution in [1.29, 1.82) is 0 Å². The van der Waals surface area contributed by atoms with Crippen molar-refractivity contribution in [1.82, 2.24) is 10.6 Å². The average molecular weight is 363 g/mol. The molecular formula is C21H34N2O3. The first kappa shape index (κ1) is 20.7. The van der Waals surface area contributed by atoms with E-state index in [1.165, 1.54) is 19.3 Å². The van der Waals surface area contributed by atoms with Crippen LogP contribution in [0.15, 0.2) is 24.3 Å². The normalized spacial score (nSPS) is 20.2. The number of benzene rings is 1. The predicted octanol–water partition coefficient (Wildman–Crippen LogP) is 4.01. The highest BCUT2D eigenvalue weighted by molar-refractivity contribution is 5.73. The molecule has 1 aromatic carbocycles. The zero-order valence-corrected chi connectivity index (χ0v) is 16.4. The van der Waals surface area contributed by atoms with Gasteiger partial charge in [0.2, 0.25) is 0 Å². The van der Waals surface area contributed by atoms with E-state index < -0.39 is 0 Å². The summed E-state index contributed by atoms with van der Waals surface area (Å²) in [5.74, 6) is 0.627. The fourth-order valence-electron chi connectivity index (χ4n) is 3.27. The Bertz CT molecular complexity index is 548. The topological polar surface area (TPSA) is 59.6 Å². The van der Waals surface area contributed by atoms with E-state index in [4.69, 9.17) is 9.47 Å². The lowest BCUT2D eigenvalue weighted by molar-refractivity contribution is -0.00243. The molecule has 1 aromatic rings. The van der Waals surface area contributed by atoms with E-state index in [2.05, 4.69) is 17.6 Å². The highest BCUT2D eigenvalue weighted by atomic mass is 16.5. The Labute approximate surface area is 157 Å². The zero-order valence-electron chi connectivity index (χ0n) is 16.4. The molecule has 0 aromatic heterocycles. The number of hydrogen-bond acceptors (Lipinski definition) is 3. The van der Waals surface area contributed by atoms with E-state index in [0.29, 0.717) is 38.3 Å². The number of carbonyl (C=O) groups is 1. The first-order valence-corrected chi connectivity index (χ1v) is 9.88. The Kier molecular flexibility index (Phi) is 8.92. The van der Waals surface area contributed by atoms with Crippen molar-refractivity contribution in [2.75, 3.05) is 13.2 Å². The first-order valence-electron chi connectivity index (χ1n) is 9.88. The van der Waals surface area contributed by atoms with Crippen LogP contribution in [0.4, 0.5) is 4.79 Å². The molecule has 5 heteroatoms. The molecule has 0 bridgehead atoms. The predicted molar refractivity (Wildman–Crippen MR) is 104 cm³/mol. The van der Waals surface area contributed by atoms with Gasteiger partial charge in [0, 0.05) is 13.1 Å². The third-order valence-corrected chi connectivity index (χ3v) is 4.88. The van der Waals surface area contributed by atoms with Crippen LogP contribution in [0.2, 0.25) is 0 Å². The maximum atomic E-state index is 12.0. The van der Waals surface area contributed by atoms with Crippen LogP contribution in [0.5, 0.6) is 0 Å². The van der Waals surface area contributed by atoms with Gasteiger partial charge in [-0.3, -0.25) is 0 Å². The van der Waals surface area contributed by atoms with Gasteiger partial charge < -0.3 is 20.1 Å². The smallest absolute Gasteiger partial charge is 0.315 e. The molecule has 1 fully saturated rings. The first-order chi connectivity index (χ1) is 12.6. The van der Waals surface area contributed by atoms with Crippen LogP contribution >= 0.6 is 0 Å². The van der Waals surface area contributed by atoms with Crippen LogP contribution in [0, 0.1) is 5.92 Å². The van der Waals surface area contributed by atoms with E-state index in [9.17, 15) is 4.79 Å². The lowest BCUT2D eigenvalue weighted by Crippen LogP contribution is -2.38. The molecule has 0 spiro atoms. The molecule has 1 aliphatic carbocycles. The lowest BCUT2D eigenvalue weighted by Gasteiger charge is -2.28. The van der Waals surface area contributed by atoms with E-state index in [1.807, 2.05) is 38.1 Å². The number of nitrogens with one attached hydrogen (secondary N) is 2. The highest BCUT2D eigenvalue weighted by Gasteiger charge is 2.21. The monoisotopic (exact) mass is 362 g/mol. The molecule has 0 aliphatic heterocycles. The molecule has 1 aliphatic rings. The molecule has 0 heterocycles. The summed E-state index contributed by atoms with van der Waals surface area (Å²) in [4.78, 5) is 12.0. The molecule has 0 radical (unpaired) electrons. The summed E-state index contributed by atoms with van der Waals surface area (Å²) in [6.07, 6.45) is 5.49. The van der Waals surface area contributed by atoms with Gasteiger partial charge in [-0.05, 0) is 43.7 Å². The molecule has 2 amide bonds. The minimum Gasteiger partial charge on any atom is -0.376 e. The van der Waals surface area contributed by atoms with E-state index in [-0.39, 0.29) is 12.1 Å². The second-order valence-electron chi connectivity index (χ2n) is 7.41. The van der Waals surface area contributed by atoms with Crippen molar-refractivity contribution >= 4 is 6.03 Å². The summed E-state index contributed by atoms with van der Waals surface area (Å²) >= 11 is 0. The van der Waals surface area contributed by atoms with Crippen molar-refractivity contribution < 1.29 is 14.3 Å². The maximum absolute atomic E-state index is 12.0. The summed E-state index contributed by atoms with van der Waals surface area (Å²) in [6.45, 7) is 8.45. The van der Waals surface area contributed by atoms with Gasteiger partial charge >= 0.3 is 6.03 Å². The Morgan fingerprint density at radius 3 is 2.62 bits per heavy atom. The van der Waals surface area contributed by atoms with Gasteiger partial charge in [0.05, 0.1) is 25.4 Å². The van der Waals surface area contributed by atoms with Crippen LogP contribution in [-0.2, 0) is 22.6 Å². The SMILES string of the molecule is CC(C)OCc1ccccc1CNC(=O)NCCOC1CCCCC1C. The minimum atomic E-state index is -0.162. The van der Waals surface area contributed by atoms with E-state index in [1.54, 1.807) is 0 Å². The maximum Gasteiger partial charge on any atom is 0.315 e. The van der Waals surface area contributed by atoms with Crippen LogP contribution in [0.25, 0.3) is 0 Å². The molecule has 2 atom stereocenters. The number of hydrogen-bond donors (Lipinski definition) is 2. The second kappa shape index (κ2) is 11.2. The summed E-state index contributed by atoms with van der Waals surface area (Å²) in [6, 6.07) is 7.87. The summed E-state index contributed by atoms with van der Waals surface area (Å²) in [5.41, 5.74) is 2.19. The zero-order chi connectivity index (χ0) is 18.8. The third-order valence-electron chi connectivity index (χ3n) is 4.88. The van der Waals surface area contributed by atoms with Gasteiger partial charge in [0.1, 0.15) is 0 Å². The number of rotatable bonds is 9. The number of carbonyl (C=O) groups excluding carboxylic acids is 1. The van der Waals surface area contributed by atoms with Gasteiger partial charge in [-0.1, -0.05) is 44.0 Å². The largest absolute Gasteiger partial charge is 0.376 e. The van der Waals surface area contributed by atoms with Crippen molar-refractivity contribution in [2.24, 2.45) is 5.92 Å². The Balaban J connectivity index is 1.65. The fourth-order valence-corrected chi connectivity index (χ4v) is 3.27. The molecule has 2 N–H and O–H groups in total. The van der Waals surface area contributed by atoms with Gasteiger partial charge in [-0.15, -0.1) is 0 Å². The summed E-state index contributed by atoms with van der Waals surface area (Å²) in [5, 5.41) is 5.78. The molecule has 0 saturated heterocycles. The molecular weight excluding hydrogens is 328 g/mol. The average Bonchev–Trinajstić information content (AvgIpc) is 2.63. The van der Waals surface area contributed by atoms with Crippen molar-refractivity contribution in [3.05, 3.63) is 35.4 Å². The Morgan fingerprint density at radius 2 is 1.88 bits per heavy atom. The van der Waals surface area contributed by atoms with E-state index in [0.717, 1.165) is 17.5 Å². The molecule has 146 valence electrons. The molecule has 1 saturated carbocycles. The van der Waals surface area contributed by atoms with Gasteiger partial charge in [0.15, 0.2) is 0 Å². The van der Waals surface area contributed by atoms with Crippen molar-refractivity contribution in [2.45, 2.75) is 71.8 Å². The molecule has 5 nitrogen and oxygen atoms in total. The molecule has 2 unspecified atom stereocenters. The van der Waals surface area contributed by atoms with Crippen molar-refractivity contribution in [3.8, 4) is 0 Å². The van der Waals surface area contributed by atoms with Gasteiger partial charge in [-0.2, -0.15) is 0 Å². The third kappa shape index (κ3) is 7.34. The number of ether oxygens (including phenoxy) is 2. The Morgan fingerprint density at radius 1 is 1.15 bits per heavy atom.